The number of nitrogens with zero attached hydrogens (tertiary/aromatic N) is 4. The van der Waals surface area contributed by atoms with E-state index in [1.807, 2.05) is 18.2 Å². The van der Waals surface area contributed by atoms with E-state index in [2.05, 4.69) is 31.5 Å². The third-order valence-electron chi connectivity index (χ3n) is 3.89. The fourth-order valence-electron chi connectivity index (χ4n) is 2.76. The predicted octanol–water partition coefficient (Wildman–Crippen LogP) is 3.59. The number of fused-ring (bicyclic) bond motifs is 1. The fourth-order valence-corrected chi connectivity index (χ4v) is 2.76. The van der Waals surface area contributed by atoms with Gasteiger partial charge in [0.15, 0.2) is 17.5 Å². The number of halogens is 2. The second kappa shape index (κ2) is 5.84. The summed E-state index contributed by atoms with van der Waals surface area (Å²) < 4.78 is 26.3. The van der Waals surface area contributed by atoms with Crippen LogP contribution in [-0.2, 0) is 6.42 Å². The molecule has 3 aromatic rings. The molecule has 0 fully saturated rings. The highest BCUT2D eigenvalue weighted by Gasteiger charge is 2.21. The fraction of sp³-hybridized carbons (Fsp3) is 0.118. The average molecular weight is 325 g/mol. The molecule has 1 aliphatic rings. The van der Waals surface area contributed by atoms with Crippen molar-refractivity contribution in [3.63, 3.8) is 0 Å². The lowest BCUT2D eigenvalue weighted by molar-refractivity contribution is 0.509. The molecule has 24 heavy (non-hydrogen) atoms. The SMILES string of the molecule is Fc1ccc(Nc2nncc(N3CCc4ccccc43)n2)cc1F. The normalized spacial score (nSPS) is 13.0. The largest absolute Gasteiger partial charge is 0.324 e. The molecular formula is C17H13F2N5. The van der Waals surface area contributed by atoms with Crippen molar-refractivity contribution in [3.8, 4) is 0 Å². The molecule has 0 aliphatic carbocycles. The van der Waals surface area contributed by atoms with Gasteiger partial charge in [-0.1, -0.05) is 18.2 Å². The lowest BCUT2D eigenvalue weighted by Crippen LogP contribution is -2.16. The molecule has 0 bridgehead atoms. The van der Waals surface area contributed by atoms with Gasteiger partial charge in [0.05, 0.1) is 6.20 Å². The van der Waals surface area contributed by atoms with Gasteiger partial charge < -0.3 is 10.2 Å². The molecular weight excluding hydrogens is 312 g/mol. The Balaban J connectivity index is 1.61. The van der Waals surface area contributed by atoms with Gasteiger partial charge in [0.1, 0.15) is 0 Å². The van der Waals surface area contributed by atoms with Gasteiger partial charge in [0.2, 0.25) is 5.95 Å². The van der Waals surface area contributed by atoms with Gasteiger partial charge in [0.25, 0.3) is 0 Å². The third kappa shape index (κ3) is 2.64. The van der Waals surface area contributed by atoms with Crippen LogP contribution in [0.25, 0.3) is 0 Å². The van der Waals surface area contributed by atoms with E-state index < -0.39 is 11.6 Å². The molecule has 0 atom stereocenters. The summed E-state index contributed by atoms with van der Waals surface area (Å²) in [7, 11) is 0. The van der Waals surface area contributed by atoms with Gasteiger partial charge in [-0.05, 0) is 30.2 Å². The van der Waals surface area contributed by atoms with Crippen LogP contribution in [0.3, 0.4) is 0 Å². The summed E-state index contributed by atoms with van der Waals surface area (Å²) in [6.45, 7) is 0.808. The first kappa shape index (κ1) is 14.5. The van der Waals surface area contributed by atoms with Gasteiger partial charge in [-0.2, -0.15) is 10.1 Å². The van der Waals surface area contributed by atoms with Crippen LogP contribution in [0.4, 0.5) is 31.9 Å². The molecule has 2 heterocycles. The van der Waals surface area contributed by atoms with Crippen LogP contribution >= 0.6 is 0 Å². The Hall–Kier alpha value is -3.09. The smallest absolute Gasteiger partial charge is 0.249 e. The molecule has 4 rings (SSSR count). The van der Waals surface area contributed by atoms with Crippen molar-refractivity contribution < 1.29 is 8.78 Å². The molecule has 0 unspecified atom stereocenters. The van der Waals surface area contributed by atoms with Crippen LogP contribution in [0.15, 0.2) is 48.7 Å². The summed E-state index contributed by atoms with van der Waals surface area (Å²) in [5.41, 5.74) is 2.71. The molecule has 120 valence electrons. The maximum absolute atomic E-state index is 13.3. The Bertz CT molecular complexity index is 900. The zero-order chi connectivity index (χ0) is 16.5. The number of nitrogens with one attached hydrogen (secondary N) is 1. The second-order valence-electron chi connectivity index (χ2n) is 5.42. The first-order chi connectivity index (χ1) is 11.7. The van der Waals surface area contributed by atoms with E-state index in [0.717, 1.165) is 30.8 Å². The van der Waals surface area contributed by atoms with Crippen molar-refractivity contribution in [2.75, 3.05) is 16.8 Å². The Morgan fingerprint density at radius 1 is 1.04 bits per heavy atom. The molecule has 2 aromatic carbocycles. The number of aromatic nitrogens is 3. The minimum atomic E-state index is -0.933. The lowest BCUT2D eigenvalue weighted by atomic mass is 10.2. The second-order valence-corrected chi connectivity index (χ2v) is 5.42. The number of hydrogen-bond acceptors (Lipinski definition) is 5. The Kier molecular flexibility index (Phi) is 3.53. The summed E-state index contributed by atoms with van der Waals surface area (Å²) in [5, 5.41) is 10.7. The van der Waals surface area contributed by atoms with Gasteiger partial charge in [-0.3, -0.25) is 0 Å². The standard InChI is InChI=1S/C17H13F2N5/c18-13-6-5-12(9-14(13)19)21-17-22-16(10-20-23-17)24-8-7-11-3-1-2-4-15(11)24/h1-6,9-10H,7-8H2,(H,21,22,23). The van der Waals surface area contributed by atoms with Crippen LogP contribution < -0.4 is 10.2 Å². The molecule has 0 saturated carbocycles. The summed E-state index contributed by atoms with van der Waals surface area (Å²) in [6, 6.07) is 11.6. The zero-order valence-corrected chi connectivity index (χ0v) is 12.6. The number of para-hydroxylation sites is 1. The molecule has 7 heteroatoms. The van der Waals surface area contributed by atoms with Crippen LogP contribution in [0, 0.1) is 11.6 Å². The zero-order valence-electron chi connectivity index (χ0n) is 12.6. The van der Waals surface area contributed by atoms with Crippen LogP contribution in [0.5, 0.6) is 0 Å². The number of rotatable bonds is 3. The van der Waals surface area contributed by atoms with E-state index in [1.54, 1.807) is 6.20 Å². The van der Waals surface area contributed by atoms with Crippen molar-refractivity contribution in [1.82, 2.24) is 15.2 Å². The Labute approximate surface area is 137 Å². The number of benzene rings is 2. The maximum atomic E-state index is 13.3. The van der Waals surface area contributed by atoms with E-state index in [9.17, 15) is 8.78 Å². The van der Waals surface area contributed by atoms with E-state index in [-0.39, 0.29) is 5.95 Å². The van der Waals surface area contributed by atoms with Gasteiger partial charge in [0, 0.05) is 24.0 Å². The Morgan fingerprint density at radius 3 is 2.79 bits per heavy atom. The van der Waals surface area contributed by atoms with Crippen LogP contribution in [0.2, 0.25) is 0 Å². The Morgan fingerprint density at radius 2 is 1.92 bits per heavy atom. The molecule has 0 saturated heterocycles. The minimum absolute atomic E-state index is 0.225. The number of anilines is 4. The van der Waals surface area contributed by atoms with Crippen LogP contribution in [0.1, 0.15) is 5.56 Å². The quantitative estimate of drug-likeness (QED) is 0.797. The average Bonchev–Trinajstić information content (AvgIpc) is 3.03. The molecule has 1 aliphatic heterocycles. The van der Waals surface area contributed by atoms with Gasteiger partial charge in [-0.15, -0.1) is 5.10 Å². The van der Waals surface area contributed by atoms with Gasteiger partial charge >= 0.3 is 0 Å². The van der Waals surface area contributed by atoms with Gasteiger partial charge in [-0.25, -0.2) is 8.78 Å². The van der Waals surface area contributed by atoms with E-state index >= 15 is 0 Å². The molecule has 0 amide bonds. The maximum Gasteiger partial charge on any atom is 0.249 e. The first-order valence-electron chi connectivity index (χ1n) is 7.48. The monoisotopic (exact) mass is 325 g/mol. The van der Waals surface area contributed by atoms with E-state index in [4.69, 9.17) is 0 Å². The third-order valence-corrected chi connectivity index (χ3v) is 3.89. The summed E-state index contributed by atoms with van der Waals surface area (Å²) in [6.07, 6.45) is 2.52. The molecule has 0 radical (unpaired) electrons. The van der Waals surface area contributed by atoms with Crippen molar-refractivity contribution in [2.45, 2.75) is 6.42 Å². The van der Waals surface area contributed by atoms with E-state index in [0.29, 0.717) is 11.5 Å². The molecule has 1 aromatic heterocycles. The van der Waals surface area contributed by atoms with Crippen LogP contribution in [-0.4, -0.2) is 21.7 Å². The van der Waals surface area contributed by atoms with Crippen molar-refractivity contribution in [3.05, 3.63) is 65.9 Å². The molecule has 0 spiro atoms. The summed E-state index contributed by atoms with van der Waals surface area (Å²) in [4.78, 5) is 6.48. The topological polar surface area (TPSA) is 53.9 Å². The van der Waals surface area contributed by atoms with E-state index in [1.165, 1.54) is 11.6 Å². The lowest BCUT2D eigenvalue weighted by Gasteiger charge is -2.18. The number of hydrogen-bond donors (Lipinski definition) is 1. The summed E-state index contributed by atoms with van der Waals surface area (Å²) >= 11 is 0. The van der Waals surface area contributed by atoms with Crippen molar-refractivity contribution >= 4 is 23.1 Å². The van der Waals surface area contributed by atoms with Crippen molar-refractivity contribution in [1.29, 1.82) is 0 Å². The molecule has 5 nitrogen and oxygen atoms in total. The highest BCUT2D eigenvalue weighted by molar-refractivity contribution is 5.67. The molecule has 1 N–H and O–H groups in total. The summed E-state index contributed by atoms with van der Waals surface area (Å²) in [5.74, 6) is -0.956. The highest BCUT2D eigenvalue weighted by atomic mass is 19.2. The predicted molar refractivity (Wildman–Crippen MR) is 86.6 cm³/mol. The minimum Gasteiger partial charge on any atom is -0.324 e. The first-order valence-corrected chi connectivity index (χ1v) is 7.48. The highest BCUT2D eigenvalue weighted by Crippen LogP contribution is 2.33. The van der Waals surface area contributed by atoms with Crippen molar-refractivity contribution in [2.24, 2.45) is 0 Å².